The van der Waals surface area contributed by atoms with Crippen molar-refractivity contribution < 1.29 is 23.4 Å². The van der Waals surface area contributed by atoms with Crippen LogP contribution in [0, 0.1) is 18.6 Å². The zero-order valence-electron chi connectivity index (χ0n) is 11.0. The van der Waals surface area contributed by atoms with Crippen LogP contribution in [0.4, 0.5) is 8.78 Å². The summed E-state index contributed by atoms with van der Waals surface area (Å²) >= 11 is 0. The van der Waals surface area contributed by atoms with Crippen LogP contribution in [0.25, 0.3) is 6.08 Å². The van der Waals surface area contributed by atoms with E-state index in [2.05, 4.69) is 4.98 Å². The molecular formula is C15H11F2NO3. The first kappa shape index (κ1) is 14.6. The van der Waals surface area contributed by atoms with E-state index in [0.29, 0.717) is 5.69 Å². The summed E-state index contributed by atoms with van der Waals surface area (Å²) in [6, 6.07) is 5.11. The highest BCUT2D eigenvalue weighted by Gasteiger charge is 2.14. The molecule has 0 aliphatic heterocycles. The van der Waals surface area contributed by atoms with Crippen molar-refractivity contribution in [2.24, 2.45) is 0 Å². The standard InChI is InChI=1S/C15H11F2NO3/c1-9-13(3-2-6-18-9)21-15-11(16)7-10(8-12(15)17)4-5-14(19)20/h2-8H,1H3,(H,19,20)/b5-4+. The predicted octanol–water partition coefficient (Wildman–Crippen LogP) is 3.56. The van der Waals surface area contributed by atoms with Gasteiger partial charge in [0.05, 0.1) is 5.69 Å². The van der Waals surface area contributed by atoms with Gasteiger partial charge in [-0.3, -0.25) is 4.98 Å². The lowest BCUT2D eigenvalue weighted by Crippen LogP contribution is -1.96. The van der Waals surface area contributed by atoms with E-state index in [4.69, 9.17) is 9.84 Å². The Morgan fingerprint density at radius 3 is 2.57 bits per heavy atom. The van der Waals surface area contributed by atoms with Crippen molar-refractivity contribution in [3.63, 3.8) is 0 Å². The summed E-state index contributed by atoms with van der Waals surface area (Å²) in [7, 11) is 0. The van der Waals surface area contributed by atoms with E-state index in [1.54, 1.807) is 19.1 Å². The second-order valence-electron chi connectivity index (χ2n) is 4.17. The molecule has 0 saturated heterocycles. The SMILES string of the molecule is Cc1ncccc1Oc1c(F)cc(/C=C/C(=O)O)cc1F. The van der Waals surface area contributed by atoms with Crippen molar-refractivity contribution in [3.05, 3.63) is 59.4 Å². The van der Waals surface area contributed by atoms with Crippen LogP contribution >= 0.6 is 0 Å². The fourth-order valence-electron chi connectivity index (χ4n) is 1.63. The number of pyridine rings is 1. The lowest BCUT2D eigenvalue weighted by molar-refractivity contribution is -0.131. The zero-order valence-corrected chi connectivity index (χ0v) is 11.0. The van der Waals surface area contributed by atoms with Gasteiger partial charge in [0.2, 0.25) is 0 Å². The van der Waals surface area contributed by atoms with E-state index in [1.807, 2.05) is 0 Å². The molecule has 1 N–H and O–H groups in total. The lowest BCUT2D eigenvalue weighted by Gasteiger charge is -2.10. The maximum absolute atomic E-state index is 13.9. The van der Waals surface area contributed by atoms with Crippen molar-refractivity contribution in [1.29, 1.82) is 0 Å². The zero-order chi connectivity index (χ0) is 15.4. The Hall–Kier alpha value is -2.76. The van der Waals surface area contributed by atoms with Gasteiger partial charge in [0, 0.05) is 12.3 Å². The third-order valence-electron chi connectivity index (χ3n) is 2.61. The van der Waals surface area contributed by atoms with Crippen molar-refractivity contribution in [2.45, 2.75) is 6.92 Å². The summed E-state index contributed by atoms with van der Waals surface area (Å²) in [5.74, 6) is -3.38. The third kappa shape index (κ3) is 3.62. The minimum atomic E-state index is -1.21. The van der Waals surface area contributed by atoms with Gasteiger partial charge in [0.1, 0.15) is 5.75 Å². The fourth-order valence-corrected chi connectivity index (χ4v) is 1.63. The summed E-state index contributed by atoms with van der Waals surface area (Å²) in [5, 5.41) is 8.49. The molecule has 0 radical (unpaired) electrons. The lowest BCUT2D eigenvalue weighted by atomic mass is 10.2. The van der Waals surface area contributed by atoms with Crippen molar-refractivity contribution >= 4 is 12.0 Å². The molecule has 2 aromatic rings. The van der Waals surface area contributed by atoms with Crippen LogP contribution in [0.2, 0.25) is 0 Å². The quantitative estimate of drug-likeness (QED) is 0.875. The molecule has 0 aliphatic carbocycles. The monoisotopic (exact) mass is 291 g/mol. The number of carboxylic acid groups (broad SMARTS) is 1. The number of halogens is 2. The Balaban J connectivity index is 2.34. The van der Waals surface area contributed by atoms with Crippen LogP contribution < -0.4 is 4.74 Å². The van der Waals surface area contributed by atoms with Gasteiger partial charge >= 0.3 is 5.97 Å². The molecule has 0 atom stereocenters. The highest BCUT2D eigenvalue weighted by molar-refractivity contribution is 5.85. The van der Waals surface area contributed by atoms with Gasteiger partial charge in [-0.1, -0.05) is 0 Å². The molecule has 21 heavy (non-hydrogen) atoms. The number of aryl methyl sites for hydroxylation is 1. The molecule has 4 nitrogen and oxygen atoms in total. The van der Waals surface area contributed by atoms with E-state index in [1.165, 1.54) is 6.20 Å². The molecule has 1 heterocycles. The number of hydrogen-bond acceptors (Lipinski definition) is 3. The first-order chi connectivity index (χ1) is 9.97. The van der Waals surface area contributed by atoms with Crippen molar-refractivity contribution in [1.82, 2.24) is 4.98 Å². The Morgan fingerprint density at radius 2 is 2.00 bits per heavy atom. The van der Waals surface area contributed by atoms with Gasteiger partial charge in [0.15, 0.2) is 17.4 Å². The van der Waals surface area contributed by atoms with E-state index < -0.39 is 23.4 Å². The van der Waals surface area contributed by atoms with Crippen molar-refractivity contribution in [3.8, 4) is 11.5 Å². The molecule has 2 rings (SSSR count). The van der Waals surface area contributed by atoms with Crippen LogP contribution in [0.3, 0.4) is 0 Å². The molecule has 0 aliphatic rings. The number of benzene rings is 1. The molecule has 0 fully saturated rings. The van der Waals surface area contributed by atoms with E-state index in [-0.39, 0.29) is 11.3 Å². The van der Waals surface area contributed by atoms with Crippen LogP contribution in [-0.4, -0.2) is 16.1 Å². The minimum absolute atomic E-state index is 0.0858. The first-order valence-electron chi connectivity index (χ1n) is 5.97. The number of aliphatic carboxylic acids is 1. The molecule has 0 bridgehead atoms. The van der Waals surface area contributed by atoms with Gasteiger partial charge < -0.3 is 9.84 Å². The molecular weight excluding hydrogens is 280 g/mol. The topological polar surface area (TPSA) is 59.4 Å². The van der Waals surface area contributed by atoms with E-state index in [0.717, 1.165) is 24.3 Å². The van der Waals surface area contributed by atoms with Crippen LogP contribution in [0.1, 0.15) is 11.3 Å². The van der Waals surface area contributed by atoms with Gasteiger partial charge in [-0.05, 0) is 42.8 Å². The number of nitrogens with zero attached hydrogens (tertiary/aromatic N) is 1. The summed E-state index contributed by atoms with van der Waals surface area (Å²) in [6.07, 6.45) is 3.42. The Kier molecular flexibility index (Phi) is 4.27. The predicted molar refractivity (Wildman–Crippen MR) is 72.1 cm³/mol. The first-order valence-corrected chi connectivity index (χ1v) is 5.97. The summed E-state index contributed by atoms with van der Waals surface area (Å²) in [5.41, 5.74) is 0.578. The molecule has 6 heteroatoms. The Labute approximate surface area is 119 Å². The van der Waals surface area contributed by atoms with Crippen LogP contribution in [0.5, 0.6) is 11.5 Å². The number of carbonyl (C=O) groups is 1. The largest absolute Gasteiger partial charge is 0.478 e. The summed E-state index contributed by atoms with van der Waals surface area (Å²) in [6.45, 7) is 1.65. The van der Waals surface area contributed by atoms with Gasteiger partial charge in [-0.15, -0.1) is 0 Å². The second kappa shape index (κ2) is 6.13. The number of aromatic nitrogens is 1. The highest BCUT2D eigenvalue weighted by atomic mass is 19.1. The van der Waals surface area contributed by atoms with Gasteiger partial charge in [0.25, 0.3) is 0 Å². The number of carboxylic acids is 1. The van der Waals surface area contributed by atoms with Crippen LogP contribution in [0.15, 0.2) is 36.5 Å². The Bertz CT molecular complexity index is 691. The molecule has 1 aromatic heterocycles. The Morgan fingerprint density at radius 1 is 1.33 bits per heavy atom. The highest BCUT2D eigenvalue weighted by Crippen LogP contribution is 2.30. The molecule has 0 unspecified atom stereocenters. The minimum Gasteiger partial charge on any atom is -0.478 e. The third-order valence-corrected chi connectivity index (χ3v) is 2.61. The molecule has 0 spiro atoms. The average Bonchev–Trinajstić information content (AvgIpc) is 2.42. The smallest absolute Gasteiger partial charge is 0.328 e. The normalized spacial score (nSPS) is 10.8. The number of hydrogen-bond donors (Lipinski definition) is 1. The maximum Gasteiger partial charge on any atom is 0.328 e. The average molecular weight is 291 g/mol. The summed E-state index contributed by atoms with van der Waals surface area (Å²) in [4.78, 5) is 14.3. The maximum atomic E-state index is 13.9. The fraction of sp³-hybridized carbons (Fsp3) is 0.0667. The van der Waals surface area contributed by atoms with Gasteiger partial charge in [-0.25, -0.2) is 13.6 Å². The second-order valence-corrected chi connectivity index (χ2v) is 4.17. The van der Waals surface area contributed by atoms with Crippen molar-refractivity contribution in [2.75, 3.05) is 0 Å². The summed E-state index contributed by atoms with van der Waals surface area (Å²) < 4.78 is 33.0. The van der Waals surface area contributed by atoms with E-state index in [9.17, 15) is 13.6 Å². The number of ether oxygens (including phenoxy) is 1. The van der Waals surface area contributed by atoms with Crippen LogP contribution in [-0.2, 0) is 4.79 Å². The molecule has 0 amide bonds. The molecule has 1 aromatic carbocycles. The van der Waals surface area contributed by atoms with Gasteiger partial charge in [-0.2, -0.15) is 0 Å². The van der Waals surface area contributed by atoms with E-state index >= 15 is 0 Å². The molecule has 0 saturated carbocycles. The number of rotatable bonds is 4. The molecule has 108 valence electrons.